The number of rotatable bonds is 3. The number of hydrogen-bond donors (Lipinski definition) is 1. The molecule has 2 aromatic rings. The first-order valence-corrected chi connectivity index (χ1v) is 7.16. The summed E-state index contributed by atoms with van der Waals surface area (Å²) in [6, 6.07) is 11.4. The molecule has 0 bridgehead atoms. The Balaban J connectivity index is 1.93. The maximum Gasteiger partial charge on any atom is 0.329 e. The molecule has 1 unspecified atom stereocenters. The minimum Gasteiger partial charge on any atom is -0.371 e. The van der Waals surface area contributed by atoms with Gasteiger partial charge in [-0.05, 0) is 5.56 Å². The first-order valence-electron chi connectivity index (χ1n) is 7.16. The second kappa shape index (κ2) is 5.14. The summed E-state index contributed by atoms with van der Waals surface area (Å²) in [6.45, 7) is 4.33. The third-order valence-electron chi connectivity index (χ3n) is 4.14. The number of aliphatic hydroxyl groups excluding tert-OH is 1. The number of β-amino-alcohol motifs (C(OH)–C–C–N with tert-alkyl or cyclic N) is 1. The van der Waals surface area contributed by atoms with E-state index in [2.05, 4.69) is 5.16 Å². The van der Waals surface area contributed by atoms with E-state index in [1.54, 1.807) is 13.1 Å². The molecule has 6 heteroatoms. The normalized spacial score (nSPS) is 19.1. The molecule has 0 saturated carbocycles. The van der Waals surface area contributed by atoms with Gasteiger partial charge < -0.3 is 14.5 Å². The van der Waals surface area contributed by atoms with Crippen LogP contribution in [0.15, 0.2) is 40.9 Å². The van der Waals surface area contributed by atoms with Crippen LogP contribution in [-0.2, 0) is 5.41 Å². The zero-order valence-electron chi connectivity index (χ0n) is 12.9. The SMILES string of the molecule is CN1CC(O)N(c2cc(C(C)(C)c3ccccc3)no2)C1=O. The van der Waals surface area contributed by atoms with Crippen LogP contribution in [0.5, 0.6) is 0 Å². The topological polar surface area (TPSA) is 69.8 Å². The number of carbonyl (C=O) groups is 1. The van der Waals surface area contributed by atoms with E-state index < -0.39 is 6.23 Å². The number of urea groups is 1. The fourth-order valence-corrected chi connectivity index (χ4v) is 2.63. The van der Waals surface area contributed by atoms with Gasteiger partial charge in [-0.25, -0.2) is 9.69 Å². The largest absolute Gasteiger partial charge is 0.371 e. The molecule has 0 aliphatic carbocycles. The zero-order chi connectivity index (χ0) is 15.9. The van der Waals surface area contributed by atoms with Gasteiger partial charge in [0.2, 0.25) is 5.88 Å². The lowest BCUT2D eigenvalue weighted by Gasteiger charge is -2.22. The molecular formula is C16H19N3O3. The molecule has 22 heavy (non-hydrogen) atoms. The molecule has 1 atom stereocenters. The summed E-state index contributed by atoms with van der Waals surface area (Å²) in [6.07, 6.45) is -0.918. The fourth-order valence-electron chi connectivity index (χ4n) is 2.63. The minimum atomic E-state index is -0.918. The summed E-state index contributed by atoms with van der Waals surface area (Å²) in [5.74, 6) is 0.265. The van der Waals surface area contributed by atoms with Crippen molar-refractivity contribution in [2.45, 2.75) is 25.5 Å². The van der Waals surface area contributed by atoms with Crippen molar-refractivity contribution in [1.82, 2.24) is 10.1 Å². The quantitative estimate of drug-likeness (QED) is 0.943. The molecule has 2 heterocycles. The van der Waals surface area contributed by atoms with Crippen molar-refractivity contribution in [1.29, 1.82) is 0 Å². The van der Waals surface area contributed by atoms with Gasteiger partial charge in [0.15, 0.2) is 6.23 Å². The number of benzene rings is 1. The molecule has 1 fully saturated rings. The Kier molecular flexibility index (Phi) is 3.41. The molecule has 1 N–H and O–H groups in total. The number of anilines is 1. The predicted octanol–water partition coefficient (Wildman–Crippen LogP) is 2.19. The van der Waals surface area contributed by atoms with Crippen LogP contribution in [0.4, 0.5) is 10.7 Å². The highest BCUT2D eigenvalue weighted by molar-refractivity contribution is 5.93. The van der Waals surface area contributed by atoms with Gasteiger partial charge in [-0.2, -0.15) is 0 Å². The Bertz CT molecular complexity index is 681. The van der Waals surface area contributed by atoms with Gasteiger partial charge in [0, 0.05) is 18.5 Å². The van der Waals surface area contributed by atoms with Crippen molar-refractivity contribution in [2.24, 2.45) is 0 Å². The van der Waals surface area contributed by atoms with Crippen molar-refractivity contribution in [2.75, 3.05) is 18.5 Å². The van der Waals surface area contributed by atoms with Gasteiger partial charge in [0.25, 0.3) is 0 Å². The molecule has 116 valence electrons. The molecule has 0 radical (unpaired) electrons. The average molecular weight is 301 g/mol. The van der Waals surface area contributed by atoms with E-state index in [-0.39, 0.29) is 23.9 Å². The number of aliphatic hydroxyl groups is 1. The summed E-state index contributed by atoms with van der Waals surface area (Å²) < 4.78 is 5.31. The standard InChI is InChI=1S/C16H19N3O3/c1-16(2,11-7-5-4-6-8-11)12-9-14(22-17-12)19-13(20)10-18(3)15(19)21/h4-9,13,20H,10H2,1-3H3. The van der Waals surface area contributed by atoms with E-state index in [9.17, 15) is 9.90 Å². The number of aromatic nitrogens is 1. The summed E-state index contributed by atoms with van der Waals surface area (Å²) >= 11 is 0. The van der Waals surface area contributed by atoms with E-state index in [4.69, 9.17) is 4.52 Å². The Hall–Kier alpha value is -2.34. The molecule has 1 aromatic carbocycles. The molecule has 2 amide bonds. The summed E-state index contributed by atoms with van der Waals surface area (Å²) in [7, 11) is 1.64. The third-order valence-corrected chi connectivity index (χ3v) is 4.14. The van der Waals surface area contributed by atoms with Crippen LogP contribution >= 0.6 is 0 Å². The molecule has 3 rings (SSSR count). The predicted molar refractivity (Wildman–Crippen MR) is 81.6 cm³/mol. The van der Waals surface area contributed by atoms with E-state index in [1.165, 1.54) is 9.80 Å². The highest BCUT2D eigenvalue weighted by atomic mass is 16.5. The highest BCUT2D eigenvalue weighted by Crippen LogP contribution is 2.34. The zero-order valence-corrected chi connectivity index (χ0v) is 12.9. The lowest BCUT2D eigenvalue weighted by molar-refractivity contribution is 0.179. The Morgan fingerprint density at radius 1 is 1.32 bits per heavy atom. The number of hydrogen-bond acceptors (Lipinski definition) is 4. The number of carbonyl (C=O) groups excluding carboxylic acids is 1. The van der Waals surface area contributed by atoms with Gasteiger partial charge >= 0.3 is 6.03 Å². The summed E-state index contributed by atoms with van der Waals surface area (Å²) in [5.41, 5.74) is 1.45. The van der Waals surface area contributed by atoms with Crippen molar-refractivity contribution in [3.8, 4) is 0 Å². The molecular weight excluding hydrogens is 282 g/mol. The maximum atomic E-state index is 12.0. The van der Waals surface area contributed by atoms with Gasteiger partial charge in [0.05, 0.1) is 12.2 Å². The second-order valence-electron chi connectivity index (χ2n) is 6.06. The van der Waals surface area contributed by atoms with Crippen LogP contribution in [0.1, 0.15) is 25.1 Å². The van der Waals surface area contributed by atoms with Crippen LogP contribution in [-0.4, -0.2) is 41.0 Å². The lowest BCUT2D eigenvalue weighted by Crippen LogP contribution is -2.33. The van der Waals surface area contributed by atoms with Crippen molar-refractivity contribution < 1.29 is 14.4 Å². The molecule has 1 aliphatic heterocycles. The first-order chi connectivity index (χ1) is 10.4. The lowest BCUT2D eigenvalue weighted by atomic mass is 9.81. The van der Waals surface area contributed by atoms with Gasteiger partial charge in [-0.15, -0.1) is 0 Å². The monoisotopic (exact) mass is 301 g/mol. The van der Waals surface area contributed by atoms with Crippen molar-refractivity contribution in [3.63, 3.8) is 0 Å². The van der Waals surface area contributed by atoms with Gasteiger partial charge in [-0.3, -0.25) is 0 Å². The maximum absolute atomic E-state index is 12.0. The van der Waals surface area contributed by atoms with Gasteiger partial charge in [-0.1, -0.05) is 49.3 Å². The Labute approximate surface area is 128 Å². The first kappa shape index (κ1) is 14.6. The van der Waals surface area contributed by atoms with Crippen molar-refractivity contribution >= 4 is 11.9 Å². The summed E-state index contributed by atoms with van der Waals surface area (Å²) in [4.78, 5) is 14.7. The molecule has 1 saturated heterocycles. The number of amides is 2. The second-order valence-corrected chi connectivity index (χ2v) is 6.06. The molecule has 6 nitrogen and oxygen atoms in total. The van der Waals surface area contributed by atoms with E-state index >= 15 is 0 Å². The van der Waals surface area contributed by atoms with Crippen LogP contribution < -0.4 is 4.90 Å². The van der Waals surface area contributed by atoms with Crippen LogP contribution in [0.3, 0.4) is 0 Å². The Morgan fingerprint density at radius 3 is 2.59 bits per heavy atom. The van der Waals surface area contributed by atoms with E-state index in [1.807, 2.05) is 44.2 Å². The van der Waals surface area contributed by atoms with E-state index in [0.717, 1.165) is 5.56 Å². The Morgan fingerprint density at radius 2 is 2.00 bits per heavy atom. The van der Waals surface area contributed by atoms with E-state index in [0.29, 0.717) is 5.69 Å². The molecule has 1 aliphatic rings. The fraction of sp³-hybridized carbons (Fsp3) is 0.375. The summed E-state index contributed by atoms with van der Waals surface area (Å²) in [5, 5.41) is 14.1. The minimum absolute atomic E-state index is 0.247. The third kappa shape index (κ3) is 2.25. The smallest absolute Gasteiger partial charge is 0.329 e. The van der Waals surface area contributed by atoms with Crippen LogP contribution in [0.25, 0.3) is 0 Å². The average Bonchev–Trinajstić information content (AvgIpc) is 3.06. The van der Waals surface area contributed by atoms with Gasteiger partial charge in [0.1, 0.15) is 0 Å². The highest BCUT2D eigenvalue weighted by Gasteiger charge is 2.38. The van der Waals surface area contributed by atoms with Crippen LogP contribution in [0.2, 0.25) is 0 Å². The van der Waals surface area contributed by atoms with Crippen molar-refractivity contribution in [3.05, 3.63) is 47.7 Å². The number of likely N-dealkylation sites (N-methyl/N-ethyl adjacent to an activating group) is 1. The molecule has 0 spiro atoms. The number of nitrogens with zero attached hydrogens (tertiary/aromatic N) is 3. The van der Waals surface area contributed by atoms with Crippen LogP contribution in [0, 0.1) is 0 Å². The molecule has 1 aromatic heterocycles.